The standard InChI is InChI=1S/C9H11N3O4/c13-5-1-2-12(4-5)8(15)6-3-10-9(16)11-7(6)14/h3,5,13H,1-2,4H2,(H2,10,11,14,16). The molecule has 86 valence electrons. The molecule has 0 spiro atoms. The maximum absolute atomic E-state index is 11.8. The Morgan fingerprint density at radius 1 is 1.50 bits per heavy atom. The number of hydrogen-bond donors (Lipinski definition) is 3. The molecule has 1 aromatic rings. The highest BCUT2D eigenvalue weighted by Gasteiger charge is 2.26. The third kappa shape index (κ3) is 1.89. The number of carbonyl (C=O) groups is 1. The van der Waals surface area contributed by atoms with Gasteiger partial charge in [-0.3, -0.25) is 14.6 Å². The van der Waals surface area contributed by atoms with E-state index in [0.29, 0.717) is 13.0 Å². The summed E-state index contributed by atoms with van der Waals surface area (Å²) in [6.07, 6.45) is 1.06. The van der Waals surface area contributed by atoms with Crippen LogP contribution in [0.1, 0.15) is 16.8 Å². The predicted molar refractivity (Wildman–Crippen MR) is 54.2 cm³/mol. The molecule has 1 aliphatic heterocycles. The summed E-state index contributed by atoms with van der Waals surface area (Å²) in [6.45, 7) is 0.635. The summed E-state index contributed by atoms with van der Waals surface area (Å²) in [5.74, 6) is -0.478. The van der Waals surface area contributed by atoms with E-state index < -0.39 is 23.3 Å². The van der Waals surface area contributed by atoms with Crippen LogP contribution in [0, 0.1) is 0 Å². The Morgan fingerprint density at radius 3 is 2.81 bits per heavy atom. The largest absolute Gasteiger partial charge is 0.391 e. The smallest absolute Gasteiger partial charge is 0.325 e. The zero-order valence-electron chi connectivity index (χ0n) is 8.40. The number of aliphatic hydroxyl groups excluding tert-OH is 1. The van der Waals surface area contributed by atoms with Crippen molar-refractivity contribution < 1.29 is 9.90 Å². The number of likely N-dealkylation sites (tertiary alicyclic amines) is 1. The fourth-order valence-electron chi connectivity index (χ4n) is 1.67. The van der Waals surface area contributed by atoms with Gasteiger partial charge in [0.15, 0.2) is 0 Å². The second-order valence-electron chi connectivity index (χ2n) is 3.68. The van der Waals surface area contributed by atoms with Crippen molar-refractivity contribution in [2.45, 2.75) is 12.5 Å². The molecule has 2 rings (SSSR count). The number of nitrogens with zero attached hydrogens (tertiary/aromatic N) is 1. The van der Waals surface area contributed by atoms with Crippen LogP contribution in [-0.4, -0.2) is 45.1 Å². The summed E-state index contributed by atoms with van der Waals surface area (Å²) < 4.78 is 0. The minimum Gasteiger partial charge on any atom is -0.391 e. The molecule has 1 unspecified atom stereocenters. The molecule has 1 atom stereocenters. The third-order valence-electron chi connectivity index (χ3n) is 2.50. The minimum absolute atomic E-state index is 0.117. The molecule has 0 aliphatic carbocycles. The summed E-state index contributed by atoms with van der Waals surface area (Å²) >= 11 is 0. The van der Waals surface area contributed by atoms with Crippen LogP contribution in [0.5, 0.6) is 0 Å². The molecule has 1 saturated heterocycles. The molecule has 0 bridgehead atoms. The lowest BCUT2D eigenvalue weighted by atomic mass is 10.3. The first-order valence-electron chi connectivity index (χ1n) is 4.87. The highest BCUT2D eigenvalue weighted by molar-refractivity contribution is 5.93. The van der Waals surface area contributed by atoms with Crippen molar-refractivity contribution >= 4 is 5.91 Å². The zero-order chi connectivity index (χ0) is 11.7. The number of β-amino-alcohol motifs (C(OH)–C–C–N with tert-alkyl or cyclic N) is 1. The van der Waals surface area contributed by atoms with E-state index in [1.807, 2.05) is 4.98 Å². The Bertz CT molecular complexity index is 518. The van der Waals surface area contributed by atoms with Crippen LogP contribution in [-0.2, 0) is 0 Å². The van der Waals surface area contributed by atoms with Crippen LogP contribution in [0.4, 0.5) is 0 Å². The Labute approximate surface area is 89.7 Å². The van der Waals surface area contributed by atoms with Gasteiger partial charge in [-0.2, -0.15) is 0 Å². The van der Waals surface area contributed by atoms with Gasteiger partial charge < -0.3 is 15.0 Å². The first kappa shape index (κ1) is 10.6. The van der Waals surface area contributed by atoms with Gasteiger partial charge in [-0.05, 0) is 6.42 Å². The van der Waals surface area contributed by atoms with Crippen molar-refractivity contribution in [1.82, 2.24) is 14.9 Å². The van der Waals surface area contributed by atoms with Gasteiger partial charge in [0.25, 0.3) is 11.5 Å². The summed E-state index contributed by atoms with van der Waals surface area (Å²) in [6, 6.07) is 0. The van der Waals surface area contributed by atoms with Crippen molar-refractivity contribution in [3.63, 3.8) is 0 Å². The molecular weight excluding hydrogens is 214 g/mol. The molecule has 1 aliphatic rings. The molecule has 0 saturated carbocycles. The number of H-pyrrole nitrogens is 2. The van der Waals surface area contributed by atoms with E-state index in [2.05, 4.69) is 4.98 Å². The summed E-state index contributed by atoms with van der Waals surface area (Å²) in [7, 11) is 0. The van der Waals surface area contributed by atoms with E-state index in [1.54, 1.807) is 0 Å². The van der Waals surface area contributed by atoms with Gasteiger partial charge >= 0.3 is 5.69 Å². The molecule has 0 aromatic carbocycles. The number of rotatable bonds is 1. The van der Waals surface area contributed by atoms with E-state index >= 15 is 0 Å². The maximum Gasteiger partial charge on any atom is 0.325 e. The van der Waals surface area contributed by atoms with Gasteiger partial charge in [0.1, 0.15) is 5.56 Å². The van der Waals surface area contributed by atoms with Crippen LogP contribution < -0.4 is 11.2 Å². The van der Waals surface area contributed by atoms with E-state index in [4.69, 9.17) is 0 Å². The summed E-state index contributed by atoms with van der Waals surface area (Å²) in [5.41, 5.74) is -1.48. The Hall–Kier alpha value is -1.89. The van der Waals surface area contributed by atoms with Crippen LogP contribution in [0.25, 0.3) is 0 Å². The van der Waals surface area contributed by atoms with Gasteiger partial charge in [0, 0.05) is 19.3 Å². The van der Waals surface area contributed by atoms with Crippen molar-refractivity contribution in [3.8, 4) is 0 Å². The van der Waals surface area contributed by atoms with Gasteiger partial charge in [-0.25, -0.2) is 4.79 Å². The molecule has 1 amide bonds. The number of aromatic amines is 2. The Morgan fingerprint density at radius 2 is 2.25 bits per heavy atom. The lowest BCUT2D eigenvalue weighted by molar-refractivity contribution is 0.0762. The van der Waals surface area contributed by atoms with Crippen LogP contribution in [0.2, 0.25) is 0 Å². The lowest BCUT2D eigenvalue weighted by Crippen LogP contribution is -2.36. The van der Waals surface area contributed by atoms with Crippen molar-refractivity contribution in [1.29, 1.82) is 0 Å². The number of nitrogens with one attached hydrogen (secondary N) is 2. The van der Waals surface area contributed by atoms with Crippen molar-refractivity contribution in [3.05, 3.63) is 32.6 Å². The van der Waals surface area contributed by atoms with E-state index in [9.17, 15) is 19.5 Å². The fourth-order valence-corrected chi connectivity index (χ4v) is 1.67. The second kappa shape index (κ2) is 3.93. The lowest BCUT2D eigenvalue weighted by Gasteiger charge is -2.14. The molecule has 1 fully saturated rings. The van der Waals surface area contributed by atoms with E-state index in [0.717, 1.165) is 6.20 Å². The average molecular weight is 225 g/mol. The molecule has 7 nitrogen and oxygen atoms in total. The number of amides is 1. The number of aliphatic hydroxyl groups is 1. The van der Waals surface area contributed by atoms with E-state index in [1.165, 1.54) is 4.90 Å². The SMILES string of the molecule is O=C(c1c[nH]c(=O)[nH]c1=O)N1CCC(O)C1. The van der Waals surface area contributed by atoms with Gasteiger partial charge in [-0.15, -0.1) is 0 Å². The molecule has 0 radical (unpaired) electrons. The molecule has 16 heavy (non-hydrogen) atoms. The number of aromatic nitrogens is 2. The highest BCUT2D eigenvalue weighted by atomic mass is 16.3. The fraction of sp³-hybridized carbons (Fsp3) is 0.444. The first-order valence-corrected chi connectivity index (χ1v) is 4.87. The summed E-state index contributed by atoms with van der Waals surface area (Å²) in [4.78, 5) is 39.5. The first-order chi connectivity index (χ1) is 7.58. The van der Waals surface area contributed by atoms with Gasteiger partial charge in [0.05, 0.1) is 6.10 Å². The zero-order valence-corrected chi connectivity index (χ0v) is 8.40. The number of hydrogen-bond acceptors (Lipinski definition) is 4. The van der Waals surface area contributed by atoms with Crippen LogP contribution in [0.3, 0.4) is 0 Å². The van der Waals surface area contributed by atoms with Crippen molar-refractivity contribution in [2.24, 2.45) is 0 Å². The quantitative estimate of drug-likeness (QED) is 0.528. The van der Waals surface area contributed by atoms with Gasteiger partial charge in [0.2, 0.25) is 0 Å². The van der Waals surface area contributed by atoms with Gasteiger partial charge in [-0.1, -0.05) is 0 Å². The third-order valence-corrected chi connectivity index (χ3v) is 2.50. The molecule has 3 N–H and O–H groups in total. The van der Waals surface area contributed by atoms with Crippen LogP contribution in [0.15, 0.2) is 15.8 Å². The molecule has 2 heterocycles. The minimum atomic E-state index is -0.713. The van der Waals surface area contributed by atoms with Crippen LogP contribution >= 0.6 is 0 Å². The second-order valence-corrected chi connectivity index (χ2v) is 3.68. The van der Waals surface area contributed by atoms with Crippen molar-refractivity contribution in [2.75, 3.05) is 13.1 Å². The topological polar surface area (TPSA) is 106 Å². The summed E-state index contributed by atoms with van der Waals surface area (Å²) in [5, 5.41) is 9.27. The highest BCUT2D eigenvalue weighted by Crippen LogP contribution is 2.10. The average Bonchev–Trinajstić information content (AvgIpc) is 2.64. The Balaban J connectivity index is 2.28. The number of carbonyl (C=O) groups excluding carboxylic acids is 1. The maximum atomic E-state index is 11.8. The monoisotopic (exact) mass is 225 g/mol. The molecule has 1 aromatic heterocycles. The molecule has 7 heteroatoms. The van der Waals surface area contributed by atoms with E-state index in [-0.39, 0.29) is 12.1 Å². The molecular formula is C9H11N3O4. The normalized spacial score (nSPS) is 20.1. The predicted octanol–water partition coefficient (Wildman–Crippen LogP) is -1.73. The Kier molecular flexibility index (Phi) is 2.61.